The van der Waals surface area contributed by atoms with E-state index in [1.165, 1.54) is 39.8 Å². The second kappa shape index (κ2) is 13.0. The van der Waals surface area contributed by atoms with Crippen molar-refractivity contribution >= 4 is 11.9 Å². The van der Waals surface area contributed by atoms with Crippen LogP contribution < -0.4 is 5.73 Å². The summed E-state index contributed by atoms with van der Waals surface area (Å²) in [5.74, 6) is 0.826. The quantitative estimate of drug-likeness (QED) is 0.290. The molecule has 2 nitrogen and oxygen atoms in total. The molecule has 0 saturated heterocycles. The lowest BCUT2D eigenvalue weighted by atomic mass is 9.70. The van der Waals surface area contributed by atoms with E-state index in [4.69, 9.17) is 5.73 Å². The largest absolute Gasteiger partial charge is 0.330 e. The molecule has 0 aliphatic heterocycles. The summed E-state index contributed by atoms with van der Waals surface area (Å²) in [6, 6.07) is 25.9. The number of allylic oxidation sites excluding steroid dienone is 1. The Kier molecular flexibility index (Phi) is 9.52. The van der Waals surface area contributed by atoms with E-state index in [0.717, 1.165) is 44.1 Å². The van der Waals surface area contributed by atoms with E-state index in [1.54, 1.807) is 0 Å². The Hall–Kier alpha value is -2.97. The summed E-state index contributed by atoms with van der Waals surface area (Å²) < 4.78 is 0. The van der Waals surface area contributed by atoms with Crippen LogP contribution in [0.4, 0.5) is 0 Å². The van der Waals surface area contributed by atoms with Crippen molar-refractivity contribution in [3.63, 3.8) is 0 Å². The minimum atomic E-state index is -0.0616. The Morgan fingerprint density at radius 3 is 2.41 bits per heavy atom. The van der Waals surface area contributed by atoms with Crippen molar-refractivity contribution in [2.24, 2.45) is 23.5 Å². The van der Waals surface area contributed by atoms with E-state index < -0.39 is 0 Å². The van der Waals surface area contributed by atoms with Gasteiger partial charge >= 0.3 is 0 Å². The first kappa shape index (κ1) is 27.1. The average molecular weight is 494 g/mol. The molecule has 3 atom stereocenters. The number of ketones is 1. The molecule has 0 aromatic heterocycles. The van der Waals surface area contributed by atoms with Crippen LogP contribution in [-0.4, -0.2) is 12.3 Å². The number of carbonyl (C=O) groups is 1. The minimum Gasteiger partial charge on any atom is -0.330 e. The first-order valence-electron chi connectivity index (χ1n) is 14.2. The van der Waals surface area contributed by atoms with E-state index in [2.05, 4.69) is 87.5 Å². The van der Waals surface area contributed by atoms with Crippen LogP contribution in [0.25, 0.3) is 6.08 Å². The van der Waals surface area contributed by atoms with Crippen LogP contribution in [0.3, 0.4) is 0 Å². The summed E-state index contributed by atoms with van der Waals surface area (Å²) in [6.45, 7) is 7.12. The Labute approximate surface area is 224 Å². The molecule has 0 amide bonds. The molecule has 37 heavy (non-hydrogen) atoms. The third-order valence-corrected chi connectivity index (χ3v) is 8.16. The molecule has 3 aromatic rings. The highest BCUT2D eigenvalue weighted by Crippen LogP contribution is 2.40. The van der Waals surface area contributed by atoms with Crippen LogP contribution in [0.2, 0.25) is 0 Å². The zero-order valence-corrected chi connectivity index (χ0v) is 22.9. The Morgan fingerprint density at radius 2 is 1.70 bits per heavy atom. The fourth-order valence-corrected chi connectivity index (χ4v) is 6.14. The lowest BCUT2D eigenvalue weighted by Crippen LogP contribution is -2.29. The smallest absolute Gasteiger partial charge is 0.166 e. The summed E-state index contributed by atoms with van der Waals surface area (Å²) in [5, 5.41) is 0. The van der Waals surface area contributed by atoms with Crippen molar-refractivity contribution in [3.05, 3.63) is 112 Å². The normalized spacial score (nSPS) is 18.6. The molecule has 2 N–H and O–H groups in total. The van der Waals surface area contributed by atoms with Gasteiger partial charge in [-0.25, -0.2) is 0 Å². The van der Waals surface area contributed by atoms with Crippen molar-refractivity contribution in [3.8, 4) is 0 Å². The molecule has 2 heteroatoms. The predicted octanol–water partition coefficient (Wildman–Crippen LogP) is 8.15. The monoisotopic (exact) mass is 493 g/mol. The number of hydrogen-bond acceptors (Lipinski definition) is 2. The van der Waals surface area contributed by atoms with Gasteiger partial charge in [0, 0.05) is 11.5 Å². The van der Waals surface area contributed by atoms with Crippen molar-refractivity contribution < 1.29 is 4.79 Å². The van der Waals surface area contributed by atoms with Crippen LogP contribution in [0.1, 0.15) is 77.2 Å². The van der Waals surface area contributed by atoms with Gasteiger partial charge < -0.3 is 5.73 Å². The fraction of sp³-hybridized carbons (Fsp3) is 0.400. The summed E-state index contributed by atoms with van der Waals surface area (Å²) in [7, 11) is 0. The lowest BCUT2D eigenvalue weighted by molar-refractivity contribution is 0.0868. The molecule has 0 fully saturated rings. The zero-order valence-electron chi connectivity index (χ0n) is 22.9. The van der Waals surface area contributed by atoms with Gasteiger partial charge in [-0.1, -0.05) is 102 Å². The van der Waals surface area contributed by atoms with Gasteiger partial charge in [0.15, 0.2) is 5.78 Å². The van der Waals surface area contributed by atoms with Crippen molar-refractivity contribution in [2.75, 3.05) is 6.54 Å². The molecule has 1 aliphatic rings. The van der Waals surface area contributed by atoms with E-state index >= 15 is 0 Å². The number of fused-ring (bicyclic) bond motifs is 1. The molecule has 4 rings (SSSR count). The Morgan fingerprint density at radius 1 is 0.973 bits per heavy atom. The maximum absolute atomic E-state index is 14.1. The molecule has 0 saturated carbocycles. The summed E-state index contributed by atoms with van der Waals surface area (Å²) >= 11 is 0. The fourth-order valence-electron chi connectivity index (χ4n) is 6.14. The molecule has 0 heterocycles. The van der Waals surface area contributed by atoms with Crippen LogP contribution in [0.5, 0.6) is 0 Å². The Balaban J connectivity index is 1.80. The van der Waals surface area contributed by atoms with Gasteiger partial charge in [-0.05, 0) is 93.9 Å². The third kappa shape index (κ3) is 6.87. The topological polar surface area (TPSA) is 43.1 Å². The van der Waals surface area contributed by atoms with E-state index in [0.29, 0.717) is 12.5 Å². The minimum absolute atomic E-state index is 0.0616. The van der Waals surface area contributed by atoms with Crippen LogP contribution in [-0.2, 0) is 12.8 Å². The third-order valence-electron chi connectivity index (χ3n) is 8.16. The maximum atomic E-state index is 14.1. The van der Waals surface area contributed by atoms with Gasteiger partial charge in [0.05, 0.1) is 0 Å². The van der Waals surface area contributed by atoms with Crippen molar-refractivity contribution in [1.82, 2.24) is 0 Å². The molecule has 0 radical (unpaired) electrons. The number of rotatable bonds is 10. The van der Waals surface area contributed by atoms with Gasteiger partial charge in [-0.15, -0.1) is 0 Å². The summed E-state index contributed by atoms with van der Waals surface area (Å²) in [4.78, 5) is 14.1. The highest BCUT2D eigenvalue weighted by atomic mass is 16.1. The van der Waals surface area contributed by atoms with E-state index in [9.17, 15) is 4.79 Å². The highest BCUT2D eigenvalue weighted by molar-refractivity contribution is 5.98. The molecule has 0 bridgehead atoms. The summed E-state index contributed by atoms with van der Waals surface area (Å²) in [6.07, 6.45) is 9.57. The van der Waals surface area contributed by atoms with E-state index in [-0.39, 0.29) is 17.6 Å². The highest BCUT2D eigenvalue weighted by Gasteiger charge is 2.33. The lowest BCUT2D eigenvalue weighted by Gasteiger charge is -2.34. The number of carbonyl (C=O) groups excluding carboxylic acids is 1. The van der Waals surface area contributed by atoms with Gasteiger partial charge in [-0.2, -0.15) is 0 Å². The number of aryl methyl sites for hydroxylation is 3. The number of Topliss-reactive ketones (excluding diaryl/α,β-unsaturated/α-hetero) is 1. The van der Waals surface area contributed by atoms with Crippen LogP contribution >= 0.6 is 0 Å². The second-order valence-electron chi connectivity index (χ2n) is 10.9. The zero-order chi connectivity index (χ0) is 26.2. The Bertz CT molecular complexity index is 1190. The summed E-state index contributed by atoms with van der Waals surface area (Å²) in [5.41, 5.74) is 14.9. The predicted molar refractivity (Wildman–Crippen MR) is 157 cm³/mol. The average Bonchev–Trinajstić information content (AvgIpc) is 2.90. The molecule has 1 aliphatic carbocycles. The van der Waals surface area contributed by atoms with Gasteiger partial charge in [-0.3, -0.25) is 4.79 Å². The van der Waals surface area contributed by atoms with Crippen LogP contribution in [0.15, 0.2) is 78.4 Å². The SMILES string of the molecule is CCC(/C1=C/c2cc(C)ccc2CCCC1Cc1ccccc1)C(CCCN)C(=O)c1ccc(C)cc1. The number of hydrogen-bond donors (Lipinski definition) is 1. The standard InChI is InChI=1S/C35H43NO/c1-4-32(33(14-9-21-36)35(37)29-19-15-25(2)16-20-29)34-24-31-22-26(3)17-18-28(31)12-8-13-30(34)23-27-10-6-5-7-11-27/h5-7,10-11,15-20,22,24,30,32-33H,4,8-9,12-14,21,23,36H2,1-3H3/b34-24+. The van der Waals surface area contributed by atoms with Gasteiger partial charge in [0.25, 0.3) is 0 Å². The second-order valence-corrected chi connectivity index (χ2v) is 10.9. The van der Waals surface area contributed by atoms with E-state index in [1.807, 2.05) is 12.1 Å². The maximum Gasteiger partial charge on any atom is 0.166 e. The molecule has 194 valence electrons. The number of benzene rings is 3. The van der Waals surface area contributed by atoms with Gasteiger partial charge in [0.2, 0.25) is 0 Å². The first-order chi connectivity index (χ1) is 18.0. The molecular formula is C35H43NO. The van der Waals surface area contributed by atoms with Crippen molar-refractivity contribution in [2.45, 2.75) is 65.7 Å². The number of nitrogens with two attached hydrogens (primary N) is 1. The van der Waals surface area contributed by atoms with Gasteiger partial charge in [0.1, 0.15) is 0 Å². The molecule has 0 spiro atoms. The van der Waals surface area contributed by atoms with Crippen molar-refractivity contribution in [1.29, 1.82) is 0 Å². The van der Waals surface area contributed by atoms with Crippen LogP contribution in [0, 0.1) is 31.6 Å². The molecule has 3 unspecified atom stereocenters. The molecular weight excluding hydrogens is 450 g/mol. The molecule has 3 aromatic carbocycles. The first-order valence-corrected chi connectivity index (χ1v) is 14.2.